The number of rotatable bonds is 5. The number of amides is 1. The highest BCUT2D eigenvalue weighted by atomic mass is 16.3. The zero-order valence-electron chi connectivity index (χ0n) is 12.6. The smallest absolute Gasteiger partial charge is 0.253 e. The van der Waals surface area contributed by atoms with Gasteiger partial charge in [-0.25, -0.2) is 0 Å². The van der Waals surface area contributed by atoms with E-state index in [9.17, 15) is 9.90 Å². The van der Waals surface area contributed by atoms with Gasteiger partial charge in [-0.3, -0.25) is 9.78 Å². The lowest BCUT2D eigenvalue weighted by Gasteiger charge is -2.38. The van der Waals surface area contributed by atoms with Crippen LogP contribution in [0.2, 0.25) is 0 Å². The van der Waals surface area contributed by atoms with Gasteiger partial charge in [0.05, 0.1) is 11.7 Å². The summed E-state index contributed by atoms with van der Waals surface area (Å²) in [6.45, 7) is 1.88. The Labute approximate surface area is 129 Å². The number of aliphatic hydroxyl groups is 1. The number of carbonyl (C=O) groups excluding carboxylic acids is 1. The molecule has 1 fully saturated rings. The first-order chi connectivity index (χ1) is 10.6. The highest BCUT2D eigenvalue weighted by Crippen LogP contribution is 2.31. The Morgan fingerprint density at radius 1 is 1.45 bits per heavy atom. The predicted octanol–water partition coefficient (Wildman–Crippen LogP) is 1.83. The Kier molecular flexibility index (Phi) is 4.24. The van der Waals surface area contributed by atoms with Crippen molar-refractivity contribution < 1.29 is 9.90 Å². The minimum absolute atomic E-state index is 0.0000926. The molecule has 0 aromatic carbocycles. The number of hydrogen-bond acceptors (Lipinski definition) is 3. The molecule has 0 spiro atoms. The summed E-state index contributed by atoms with van der Waals surface area (Å²) in [7, 11) is 0. The molecule has 3 rings (SSSR count). The zero-order valence-corrected chi connectivity index (χ0v) is 12.6. The fraction of sp³-hybridized carbons (Fsp3) is 0.412. The predicted molar refractivity (Wildman–Crippen MR) is 83.5 cm³/mol. The minimum Gasteiger partial charge on any atom is -0.393 e. The lowest BCUT2D eigenvalue weighted by atomic mass is 9.76. The molecule has 0 aliphatic heterocycles. The van der Waals surface area contributed by atoms with Gasteiger partial charge >= 0.3 is 0 Å². The first-order valence-corrected chi connectivity index (χ1v) is 7.66. The van der Waals surface area contributed by atoms with E-state index >= 15 is 0 Å². The van der Waals surface area contributed by atoms with E-state index in [1.807, 2.05) is 25.1 Å². The van der Waals surface area contributed by atoms with Crippen LogP contribution in [0.15, 0.2) is 36.7 Å². The van der Waals surface area contributed by atoms with E-state index in [1.165, 1.54) is 0 Å². The van der Waals surface area contributed by atoms with Gasteiger partial charge < -0.3 is 15.4 Å². The quantitative estimate of drug-likeness (QED) is 0.788. The summed E-state index contributed by atoms with van der Waals surface area (Å²) in [6.07, 6.45) is 5.47. The molecule has 5 nitrogen and oxygen atoms in total. The molecule has 3 N–H and O–H groups in total. The maximum absolute atomic E-state index is 12.4. The van der Waals surface area contributed by atoms with E-state index < -0.39 is 0 Å². The van der Waals surface area contributed by atoms with Crippen molar-refractivity contribution in [1.82, 2.24) is 15.3 Å². The third kappa shape index (κ3) is 3.20. The van der Waals surface area contributed by atoms with Gasteiger partial charge in [-0.2, -0.15) is 0 Å². The Morgan fingerprint density at radius 3 is 2.86 bits per heavy atom. The van der Waals surface area contributed by atoms with Crippen LogP contribution in [0.4, 0.5) is 0 Å². The van der Waals surface area contributed by atoms with E-state index in [-0.39, 0.29) is 18.1 Å². The molecular formula is C17H21N3O2. The van der Waals surface area contributed by atoms with E-state index in [1.54, 1.807) is 18.5 Å². The maximum atomic E-state index is 12.4. The minimum atomic E-state index is -0.234. The van der Waals surface area contributed by atoms with Gasteiger partial charge in [-0.05, 0) is 43.9 Å². The molecule has 1 saturated carbocycles. The Bertz CT molecular complexity index is 632. The molecule has 1 aliphatic rings. The summed E-state index contributed by atoms with van der Waals surface area (Å²) in [5.41, 5.74) is 2.49. The lowest BCUT2D eigenvalue weighted by Crippen LogP contribution is -2.48. The number of hydrogen-bond donors (Lipinski definition) is 3. The number of aromatic amines is 1. The van der Waals surface area contributed by atoms with Crippen LogP contribution in [0, 0.1) is 12.8 Å². The zero-order chi connectivity index (χ0) is 15.5. The topological polar surface area (TPSA) is 78.0 Å². The number of aliphatic hydroxyl groups excluding tert-OH is 1. The largest absolute Gasteiger partial charge is 0.393 e. The molecular weight excluding hydrogens is 278 g/mol. The fourth-order valence-electron chi connectivity index (χ4n) is 2.98. The summed E-state index contributed by atoms with van der Waals surface area (Å²) in [5, 5.41) is 12.7. The van der Waals surface area contributed by atoms with Gasteiger partial charge in [0, 0.05) is 36.2 Å². The highest BCUT2D eigenvalue weighted by molar-refractivity contribution is 5.95. The van der Waals surface area contributed by atoms with E-state index in [0.29, 0.717) is 17.9 Å². The summed E-state index contributed by atoms with van der Waals surface area (Å²) >= 11 is 0. The molecule has 0 radical (unpaired) electrons. The van der Waals surface area contributed by atoms with Crippen molar-refractivity contribution in [3.8, 4) is 0 Å². The second-order valence-electron chi connectivity index (χ2n) is 6.01. The van der Waals surface area contributed by atoms with Crippen molar-refractivity contribution in [2.45, 2.75) is 38.3 Å². The molecule has 0 unspecified atom stereocenters. The highest BCUT2D eigenvalue weighted by Gasteiger charge is 2.35. The van der Waals surface area contributed by atoms with Crippen LogP contribution in [0.25, 0.3) is 0 Å². The molecule has 5 heteroatoms. The van der Waals surface area contributed by atoms with Gasteiger partial charge in [-0.1, -0.05) is 6.07 Å². The number of nitrogens with zero attached hydrogens (tertiary/aromatic N) is 1. The molecule has 2 heterocycles. The van der Waals surface area contributed by atoms with Crippen LogP contribution in [0.1, 0.15) is 34.6 Å². The number of H-pyrrole nitrogens is 1. The van der Waals surface area contributed by atoms with Crippen LogP contribution >= 0.6 is 0 Å². The van der Waals surface area contributed by atoms with Crippen LogP contribution in [0.5, 0.6) is 0 Å². The third-order valence-corrected chi connectivity index (χ3v) is 4.39. The Hall–Kier alpha value is -2.14. The SMILES string of the molecule is Cc1[nH]ccc1C(=O)N[C@H](Cc1ccccn1)C1CC(O)C1. The average molecular weight is 299 g/mol. The number of nitrogens with one attached hydrogen (secondary N) is 2. The van der Waals surface area contributed by atoms with E-state index in [4.69, 9.17) is 0 Å². The molecule has 116 valence electrons. The van der Waals surface area contributed by atoms with Gasteiger partial charge in [0.2, 0.25) is 0 Å². The molecule has 22 heavy (non-hydrogen) atoms. The van der Waals surface area contributed by atoms with Crippen LogP contribution in [-0.4, -0.2) is 33.1 Å². The molecule has 2 aromatic heterocycles. The summed E-state index contributed by atoms with van der Waals surface area (Å²) in [4.78, 5) is 19.8. The standard InChI is InChI=1S/C17H21N3O2/c1-11-15(5-7-18-11)17(22)20-16(12-8-14(21)9-12)10-13-4-2-3-6-19-13/h2-7,12,14,16,18,21H,8-10H2,1H3,(H,20,22)/t12?,14?,16-/m1/s1. The third-order valence-electron chi connectivity index (χ3n) is 4.39. The van der Waals surface area contributed by atoms with Crippen molar-refractivity contribution in [2.75, 3.05) is 0 Å². The molecule has 0 bridgehead atoms. The number of carbonyl (C=O) groups is 1. The molecule has 1 aliphatic carbocycles. The monoisotopic (exact) mass is 299 g/mol. The summed E-state index contributed by atoms with van der Waals surface area (Å²) < 4.78 is 0. The first kappa shape index (κ1) is 14.8. The summed E-state index contributed by atoms with van der Waals surface area (Å²) in [5.74, 6) is 0.237. The maximum Gasteiger partial charge on any atom is 0.253 e. The Morgan fingerprint density at radius 2 is 2.27 bits per heavy atom. The van der Waals surface area contributed by atoms with Crippen LogP contribution in [0.3, 0.4) is 0 Å². The second-order valence-corrected chi connectivity index (χ2v) is 6.01. The van der Waals surface area contributed by atoms with Crippen molar-refractivity contribution >= 4 is 5.91 Å². The van der Waals surface area contributed by atoms with Crippen molar-refractivity contribution in [1.29, 1.82) is 0 Å². The van der Waals surface area contributed by atoms with Gasteiger partial charge in [0.1, 0.15) is 0 Å². The summed E-state index contributed by atoms with van der Waals surface area (Å²) in [6, 6.07) is 7.59. The lowest BCUT2D eigenvalue weighted by molar-refractivity contribution is 0.0237. The number of aryl methyl sites for hydroxylation is 1. The van der Waals surface area contributed by atoms with Gasteiger partial charge in [-0.15, -0.1) is 0 Å². The molecule has 0 saturated heterocycles. The van der Waals surface area contributed by atoms with Crippen molar-refractivity contribution in [3.63, 3.8) is 0 Å². The average Bonchev–Trinajstić information content (AvgIpc) is 2.91. The number of aromatic nitrogens is 2. The van der Waals surface area contributed by atoms with E-state index in [0.717, 1.165) is 24.2 Å². The van der Waals surface area contributed by atoms with Crippen LogP contribution in [-0.2, 0) is 6.42 Å². The van der Waals surface area contributed by atoms with E-state index in [2.05, 4.69) is 15.3 Å². The van der Waals surface area contributed by atoms with Crippen molar-refractivity contribution in [3.05, 3.63) is 53.6 Å². The van der Waals surface area contributed by atoms with Gasteiger partial charge in [0.15, 0.2) is 0 Å². The van der Waals surface area contributed by atoms with Gasteiger partial charge in [0.25, 0.3) is 5.91 Å². The first-order valence-electron chi connectivity index (χ1n) is 7.66. The Balaban J connectivity index is 1.71. The fourth-order valence-corrected chi connectivity index (χ4v) is 2.98. The van der Waals surface area contributed by atoms with Crippen molar-refractivity contribution in [2.24, 2.45) is 5.92 Å². The molecule has 1 amide bonds. The van der Waals surface area contributed by atoms with Crippen LogP contribution < -0.4 is 5.32 Å². The molecule has 1 atom stereocenters. The molecule has 2 aromatic rings. The normalized spacial score (nSPS) is 21.9. The number of pyridine rings is 1. The second kappa shape index (κ2) is 6.32.